The number of rotatable bonds is 3. The van der Waals surface area contributed by atoms with Crippen LogP contribution in [-0.4, -0.2) is 5.78 Å². The predicted octanol–water partition coefficient (Wildman–Crippen LogP) is 4.02. The van der Waals surface area contributed by atoms with E-state index in [9.17, 15) is 4.79 Å². The molecule has 0 saturated heterocycles. The van der Waals surface area contributed by atoms with Crippen molar-refractivity contribution >= 4 is 5.78 Å². The number of aryl methyl sites for hydroxylation is 2. The molecule has 0 heterocycles. The lowest BCUT2D eigenvalue weighted by atomic mass is 9.85. The van der Waals surface area contributed by atoms with Crippen LogP contribution in [0.4, 0.5) is 0 Å². The second-order valence-corrected chi connectivity index (χ2v) is 4.81. The predicted molar refractivity (Wildman–Crippen MR) is 74.9 cm³/mol. The maximum atomic E-state index is 12.0. The van der Waals surface area contributed by atoms with E-state index in [1.807, 2.05) is 30.3 Å². The highest BCUT2D eigenvalue weighted by atomic mass is 16.1. The van der Waals surface area contributed by atoms with Crippen molar-refractivity contribution in [2.75, 3.05) is 0 Å². The van der Waals surface area contributed by atoms with E-state index < -0.39 is 0 Å². The van der Waals surface area contributed by atoms with Gasteiger partial charge in [0.15, 0.2) is 0 Å². The molecule has 1 nitrogen and oxygen atoms in total. The van der Waals surface area contributed by atoms with E-state index >= 15 is 0 Å². The van der Waals surface area contributed by atoms with Gasteiger partial charge < -0.3 is 0 Å². The lowest BCUT2D eigenvalue weighted by Crippen LogP contribution is -2.12. The molecular formula is C17H18O. The largest absolute Gasteiger partial charge is 0.299 e. The zero-order valence-corrected chi connectivity index (χ0v) is 11.1. The van der Waals surface area contributed by atoms with Crippen LogP contribution in [0.1, 0.15) is 35.1 Å². The quantitative estimate of drug-likeness (QED) is 0.789. The van der Waals surface area contributed by atoms with Crippen LogP contribution in [0.25, 0.3) is 0 Å². The van der Waals surface area contributed by atoms with E-state index in [-0.39, 0.29) is 11.7 Å². The van der Waals surface area contributed by atoms with Crippen LogP contribution >= 0.6 is 0 Å². The van der Waals surface area contributed by atoms with Gasteiger partial charge >= 0.3 is 0 Å². The van der Waals surface area contributed by atoms with Gasteiger partial charge in [0.2, 0.25) is 0 Å². The molecule has 92 valence electrons. The molecule has 0 aliphatic carbocycles. The van der Waals surface area contributed by atoms with Gasteiger partial charge in [-0.25, -0.2) is 0 Å². The van der Waals surface area contributed by atoms with Gasteiger partial charge in [-0.2, -0.15) is 0 Å². The zero-order valence-electron chi connectivity index (χ0n) is 11.1. The lowest BCUT2D eigenvalue weighted by Gasteiger charge is -2.18. The number of ketones is 1. The second kappa shape index (κ2) is 5.18. The van der Waals surface area contributed by atoms with E-state index in [0.717, 1.165) is 11.1 Å². The van der Waals surface area contributed by atoms with Crippen molar-refractivity contribution in [3.63, 3.8) is 0 Å². The number of hydrogen-bond donors (Lipinski definition) is 0. The number of carbonyl (C=O) groups excluding carboxylic acids is 1. The van der Waals surface area contributed by atoms with Crippen LogP contribution in [0.5, 0.6) is 0 Å². The minimum absolute atomic E-state index is 0.147. The Morgan fingerprint density at radius 1 is 1.00 bits per heavy atom. The molecule has 2 rings (SSSR count). The van der Waals surface area contributed by atoms with Gasteiger partial charge in [-0.3, -0.25) is 4.79 Å². The van der Waals surface area contributed by atoms with Crippen molar-refractivity contribution in [2.24, 2.45) is 0 Å². The molecule has 0 N–H and O–H groups in total. The molecule has 0 bridgehead atoms. The van der Waals surface area contributed by atoms with Crippen molar-refractivity contribution in [2.45, 2.75) is 26.7 Å². The van der Waals surface area contributed by atoms with Gasteiger partial charge in [0.25, 0.3) is 0 Å². The molecule has 0 aliphatic rings. The fraction of sp³-hybridized carbons (Fsp3) is 0.235. The first-order valence-corrected chi connectivity index (χ1v) is 6.22. The summed E-state index contributed by atoms with van der Waals surface area (Å²) in [5.41, 5.74) is 4.55. The standard InChI is InChI=1S/C17H18O/c1-12-9-10-13(2)16(11-12)17(14(3)18)15-7-5-4-6-8-15/h4-11,17H,1-3H3/t17-/m1/s1. The Kier molecular flexibility index (Phi) is 3.61. The summed E-state index contributed by atoms with van der Waals surface area (Å²) in [4.78, 5) is 12.0. The SMILES string of the molecule is CC(=O)[C@H](c1ccccc1)c1cc(C)ccc1C. The third-order valence-corrected chi connectivity index (χ3v) is 3.29. The van der Waals surface area contributed by atoms with Gasteiger partial charge in [-0.15, -0.1) is 0 Å². The van der Waals surface area contributed by atoms with Crippen LogP contribution in [0, 0.1) is 13.8 Å². The highest BCUT2D eigenvalue weighted by molar-refractivity contribution is 5.87. The molecule has 2 aromatic rings. The van der Waals surface area contributed by atoms with Crippen molar-refractivity contribution in [1.82, 2.24) is 0 Å². The average Bonchev–Trinajstić information content (AvgIpc) is 2.35. The smallest absolute Gasteiger partial charge is 0.141 e. The van der Waals surface area contributed by atoms with Crippen molar-refractivity contribution in [1.29, 1.82) is 0 Å². The molecule has 1 atom stereocenters. The van der Waals surface area contributed by atoms with E-state index in [2.05, 4.69) is 32.0 Å². The molecule has 0 unspecified atom stereocenters. The minimum Gasteiger partial charge on any atom is -0.299 e. The fourth-order valence-corrected chi connectivity index (χ4v) is 2.35. The summed E-state index contributed by atoms with van der Waals surface area (Å²) in [7, 11) is 0. The topological polar surface area (TPSA) is 17.1 Å². The highest BCUT2D eigenvalue weighted by Gasteiger charge is 2.20. The monoisotopic (exact) mass is 238 g/mol. The summed E-state index contributed by atoms with van der Waals surface area (Å²) >= 11 is 0. The van der Waals surface area contributed by atoms with Gasteiger partial charge in [-0.05, 0) is 37.5 Å². The van der Waals surface area contributed by atoms with Gasteiger partial charge in [0.05, 0.1) is 5.92 Å². The van der Waals surface area contributed by atoms with E-state index in [0.29, 0.717) is 0 Å². The Morgan fingerprint density at radius 2 is 1.67 bits per heavy atom. The molecular weight excluding hydrogens is 220 g/mol. The molecule has 0 aromatic heterocycles. The number of carbonyl (C=O) groups is 1. The normalized spacial score (nSPS) is 12.2. The molecule has 1 heteroatoms. The Morgan fingerprint density at radius 3 is 2.28 bits per heavy atom. The first-order valence-electron chi connectivity index (χ1n) is 6.22. The van der Waals surface area contributed by atoms with Gasteiger partial charge in [-0.1, -0.05) is 54.1 Å². The molecule has 0 aliphatic heterocycles. The van der Waals surface area contributed by atoms with Crippen LogP contribution in [-0.2, 0) is 4.79 Å². The summed E-state index contributed by atoms with van der Waals surface area (Å²) in [6.07, 6.45) is 0. The Bertz CT molecular complexity index is 555. The summed E-state index contributed by atoms with van der Waals surface area (Å²) in [5, 5.41) is 0. The van der Waals surface area contributed by atoms with Crippen molar-refractivity contribution in [3.8, 4) is 0 Å². The molecule has 18 heavy (non-hydrogen) atoms. The van der Waals surface area contributed by atoms with Crippen LogP contribution in [0.3, 0.4) is 0 Å². The Labute approximate surface area is 108 Å². The van der Waals surface area contributed by atoms with Crippen molar-refractivity contribution < 1.29 is 4.79 Å². The lowest BCUT2D eigenvalue weighted by molar-refractivity contribution is -0.117. The zero-order chi connectivity index (χ0) is 13.1. The first kappa shape index (κ1) is 12.6. The maximum absolute atomic E-state index is 12.0. The number of hydrogen-bond acceptors (Lipinski definition) is 1. The average molecular weight is 238 g/mol. The molecule has 0 radical (unpaired) electrons. The molecule has 0 spiro atoms. The summed E-state index contributed by atoms with van der Waals surface area (Å²) < 4.78 is 0. The molecule has 0 saturated carbocycles. The van der Waals surface area contributed by atoms with Crippen LogP contribution < -0.4 is 0 Å². The van der Waals surface area contributed by atoms with E-state index in [4.69, 9.17) is 0 Å². The van der Waals surface area contributed by atoms with E-state index in [1.165, 1.54) is 11.1 Å². The molecule has 0 amide bonds. The maximum Gasteiger partial charge on any atom is 0.141 e. The molecule has 2 aromatic carbocycles. The van der Waals surface area contributed by atoms with Gasteiger partial charge in [0.1, 0.15) is 5.78 Å². The minimum atomic E-state index is -0.147. The summed E-state index contributed by atoms with van der Waals surface area (Å²) in [6, 6.07) is 16.3. The first-order chi connectivity index (χ1) is 8.59. The van der Waals surface area contributed by atoms with Crippen molar-refractivity contribution in [3.05, 3.63) is 70.8 Å². The van der Waals surface area contributed by atoms with Crippen LogP contribution in [0.15, 0.2) is 48.5 Å². The summed E-state index contributed by atoms with van der Waals surface area (Å²) in [5.74, 6) is 0.0426. The van der Waals surface area contributed by atoms with E-state index in [1.54, 1.807) is 6.92 Å². The molecule has 0 fully saturated rings. The fourth-order valence-electron chi connectivity index (χ4n) is 2.35. The number of benzene rings is 2. The Balaban J connectivity index is 2.55. The third kappa shape index (κ3) is 2.51. The Hall–Kier alpha value is -1.89. The van der Waals surface area contributed by atoms with Crippen LogP contribution in [0.2, 0.25) is 0 Å². The van der Waals surface area contributed by atoms with Gasteiger partial charge in [0, 0.05) is 0 Å². The number of Topliss-reactive ketones (excluding diaryl/α,β-unsaturated/α-hetero) is 1. The highest BCUT2D eigenvalue weighted by Crippen LogP contribution is 2.28. The second-order valence-electron chi connectivity index (χ2n) is 4.81. The third-order valence-electron chi connectivity index (χ3n) is 3.29. The summed E-state index contributed by atoms with van der Waals surface area (Å²) in [6.45, 7) is 5.79.